The molecule has 0 atom stereocenters. The third-order valence-electron chi connectivity index (χ3n) is 3.07. The molecule has 3 aromatic rings. The summed E-state index contributed by atoms with van der Waals surface area (Å²) in [5.41, 5.74) is 2.59. The number of carbonyl (C=O) groups is 1. The summed E-state index contributed by atoms with van der Waals surface area (Å²) >= 11 is 11.7. The first-order valence-corrected chi connectivity index (χ1v) is 7.01. The third kappa shape index (κ3) is 2.99. The second-order valence-corrected chi connectivity index (χ2v) is 5.38. The number of nitrogens with zero attached hydrogens (tertiary/aromatic N) is 1. The highest BCUT2D eigenvalue weighted by atomic mass is 35.5. The molecular formula is C16H10Cl2N2O. The molecule has 0 saturated carbocycles. The fraction of sp³-hybridized carbons (Fsp3) is 0. The van der Waals surface area contributed by atoms with Crippen LogP contribution in [0.2, 0.25) is 10.0 Å². The van der Waals surface area contributed by atoms with Crippen molar-refractivity contribution in [3.63, 3.8) is 0 Å². The molecule has 0 radical (unpaired) electrons. The molecule has 2 aromatic carbocycles. The average Bonchev–Trinajstić information content (AvgIpc) is 2.98. The highest BCUT2D eigenvalue weighted by Crippen LogP contribution is 2.21. The van der Waals surface area contributed by atoms with Crippen molar-refractivity contribution in [2.75, 3.05) is 0 Å². The van der Waals surface area contributed by atoms with Crippen LogP contribution in [0.4, 0.5) is 0 Å². The Morgan fingerprint density at radius 1 is 0.905 bits per heavy atom. The Morgan fingerprint density at radius 3 is 2.10 bits per heavy atom. The van der Waals surface area contributed by atoms with Crippen molar-refractivity contribution >= 4 is 29.0 Å². The molecule has 1 heterocycles. The number of halogens is 2. The van der Waals surface area contributed by atoms with E-state index in [1.807, 2.05) is 12.1 Å². The third-order valence-corrected chi connectivity index (χ3v) is 3.57. The maximum atomic E-state index is 12.3. The molecule has 3 nitrogen and oxygen atoms in total. The van der Waals surface area contributed by atoms with Gasteiger partial charge in [-0.1, -0.05) is 35.3 Å². The van der Waals surface area contributed by atoms with Crippen LogP contribution in [0.1, 0.15) is 16.1 Å². The van der Waals surface area contributed by atoms with Gasteiger partial charge in [-0.15, -0.1) is 0 Å². The van der Waals surface area contributed by atoms with E-state index in [4.69, 9.17) is 23.2 Å². The molecule has 1 aromatic heterocycles. The van der Waals surface area contributed by atoms with E-state index in [0.717, 1.165) is 5.56 Å². The molecule has 1 N–H and O–H groups in total. The molecule has 0 aliphatic rings. The Labute approximate surface area is 131 Å². The van der Waals surface area contributed by atoms with E-state index in [1.165, 1.54) is 0 Å². The fourth-order valence-corrected chi connectivity index (χ4v) is 2.22. The lowest BCUT2D eigenvalue weighted by molar-refractivity contribution is 0.103. The van der Waals surface area contributed by atoms with Gasteiger partial charge < -0.3 is 0 Å². The quantitative estimate of drug-likeness (QED) is 0.717. The summed E-state index contributed by atoms with van der Waals surface area (Å²) in [4.78, 5) is 12.3. The van der Waals surface area contributed by atoms with Gasteiger partial charge in [0.05, 0.1) is 5.69 Å². The van der Waals surface area contributed by atoms with Gasteiger partial charge in [-0.25, -0.2) is 0 Å². The summed E-state index contributed by atoms with van der Waals surface area (Å²) in [6.45, 7) is 0. The van der Waals surface area contributed by atoms with Gasteiger partial charge in [0.15, 0.2) is 0 Å². The summed E-state index contributed by atoms with van der Waals surface area (Å²) < 4.78 is 0. The van der Waals surface area contributed by atoms with Crippen molar-refractivity contribution in [3.8, 4) is 11.3 Å². The number of aromatic amines is 1. The average molecular weight is 317 g/mol. The summed E-state index contributed by atoms with van der Waals surface area (Å²) in [6.07, 6.45) is 0. The number of carbonyl (C=O) groups excluding carboxylic acids is 1. The molecule has 104 valence electrons. The SMILES string of the molecule is O=C(c1ccc(Cl)cc1)c1cc(-c2ccc(Cl)cc2)n[nH]1. The van der Waals surface area contributed by atoms with Crippen LogP contribution in [-0.2, 0) is 0 Å². The molecular weight excluding hydrogens is 307 g/mol. The predicted molar refractivity (Wildman–Crippen MR) is 83.9 cm³/mol. The van der Waals surface area contributed by atoms with Crippen LogP contribution in [0.3, 0.4) is 0 Å². The van der Waals surface area contributed by atoms with Crippen LogP contribution in [0.25, 0.3) is 11.3 Å². The topological polar surface area (TPSA) is 45.8 Å². The van der Waals surface area contributed by atoms with Gasteiger partial charge in [-0.2, -0.15) is 5.10 Å². The van der Waals surface area contributed by atoms with E-state index >= 15 is 0 Å². The Balaban J connectivity index is 1.89. The van der Waals surface area contributed by atoms with E-state index in [0.29, 0.717) is 27.0 Å². The summed E-state index contributed by atoms with van der Waals surface area (Å²) in [6, 6.07) is 15.8. The van der Waals surface area contributed by atoms with Crippen LogP contribution >= 0.6 is 23.2 Å². The number of H-pyrrole nitrogens is 1. The number of benzene rings is 2. The summed E-state index contributed by atoms with van der Waals surface area (Å²) in [5.74, 6) is -0.126. The first-order valence-electron chi connectivity index (χ1n) is 6.25. The highest BCUT2D eigenvalue weighted by Gasteiger charge is 2.13. The maximum absolute atomic E-state index is 12.3. The van der Waals surface area contributed by atoms with Crippen LogP contribution < -0.4 is 0 Å². The smallest absolute Gasteiger partial charge is 0.210 e. The minimum atomic E-state index is -0.126. The van der Waals surface area contributed by atoms with Gasteiger partial charge in [-0.05, 0) is 42.5 Å². The number of hydrogen-bond donors (Lipinski definition) is 1. The van der Waals surface area contributed by atoms with Crippen molar-refractivity contribution in [3.05, 3.63) is 75.9 Å². The Bertz CT molecular complexity index is 777. The van der Waals surface area contributed by atoms with Crippen LogP contribution in [0, 0.1) is 0 Å². The number of hydrogen-bond acceptors (Lipinski definition) is 2. The lowest BCUT2D eigenvalue weighted by Crippen LogP contribution is -2.01. The van der Waals surface area contributed by atoms with E-state index in [9.17, 15) is 4.79 Å². The zero-order valence-electron chi connectivity index (χ0n) is 10.8. The van der Waals surface area contributed by atoms with Gasteiger partial charge in [-0.3, -0.25) is 9.89 Å². The lowest BCUT2D eigenvalue weighted by Gasteiger charge is -1.97. The Morgan fingerprint density at radius 2 is 1.48 bits per heavy atom. The van der Waals surface area contributed by atoms with Crippen molar-refractivity contribution < 1.29 is 4.79 Å². The number of rotatable bonds is 3. The normalized spacial score (nSPS) is 10.6. The summed E-state index contributed by atoms with van der Waals surface area (Å²) in [5, 5.41) is 8.19. The van der Waals surface area contributed by atoms with Crippen molar-refractivity contribution in [1.29, 1.82) is 0 Å². The zero-order valence-corrected chi connectivity index (χ0v) is 12.3. The second kappa shape index (κ2) is 5.72. The van der Waals surface area contributed by atoms with E-state index in [1.54, 1.807) is 42.5 Å². The van der Waals surface area contributed by atoms with Crippen molar-refractivity contribution in [1.82, 2.24) is 10.2 Å². The minimum absolute atomic E-state index is 0.126. The molecule has 0 saturated heterocycles. The standard InChI is InChI=1S/C16H10Cl2N2O/c17-12-5-1-10(2-6-12)14-9-15(20-19-14)16(21)11-3-7-13(18)8-4-11/h1-9H,(H,19,20). The van der Waals surface area contributed by atoms with Gasteiger partial charge in [0.25, 0.3) is 0 Å². The first-order chi connectivity index (χ1) is 10.1. The van der Waals surface area contributed by atoms with Crippen molar-refractivity contribution in [2.24, 2.45) is 0 Å². The molecule has 21 heavy (non-hydrogen) atoms. The molecule has 0 aliphatic heterocycles. The molecule has 0 amide bonds. The second-order valence-electron chi connectivity index (χ2n) is 4.51. The molecule has 0 aliphatic carbocycles. The van der Waals surface area contributed by atoms with Crippen LogP contribution in [-0.4, -0.2) is 16.0 Å². The molecule has 0 unspecified atom stereocenters. The molecule has 0 fully saturated rings. The number of nitrogens with one attached hydrogen (secondary N) is 1. The maximum Gasteiger partial charge on any atom is 0.210 e. The van der Waals surface area contributed by atoms with Crippen LogP contribution in [0.5, 0.6) is 0 Å². The number of ketones is 1. The van der Waals surface area contributed by atoms with Crippen LogP contribution in [0.15, 0.2) is 54.6 Å². The zero-order chi connectivity index (χ0) is 14.8. The molecule has 0 spiro atoms. The largest absolute Gasteiger partial charge is 0.287 e. The number of aromatic nitrogens is 2. The van der Waals surface area contributed by atoms with Gasteiger partial charge in [0, 0.05) is 21.2 Å². The van der Waals surface area contributed by atoms with Gasteiger partial charge >= 0.3 is 0 Å². The van der Waals surface area contributed by atoms with Gasteiger partial charge in [0.2, 0.25) is 5.78 Å². The molecule has 3 rings (SSSR count). The molecule has 5 heteroatoms. The van der Waals surface area contributed by atoms with E-state index in [-0.39, 0.29) is 5.78 Å². The lowest BCUT2D eigenvalue weighted by atomic mass is 10.1. The van der Waals surface area contributed by atoms with Gasteiger partial charge in [0.1, 0.15) is 5.69 Å². The Hall–Kier alpha value is -2.10. The molecule has 0 bridgehead atoms. The van der Waals surface area contributed by atoms with E-state index < -0.39 is 0 Å². The predicted octanol–water partition coefficient (Wildman–Crippen LogP) is 4.61. The first kappa shape index (κ1) is 13.9. The Kier molecular flexibility index (Phi) is 3.78. The fourth-order valence-electron chi connectivity index (χ4n) is 1.96. The highest BCUT2D eigenvalue weighted by molar-refractivity contribution is 6.31. The monoisotopic (exact) mass is 316 g/mol. The van der Waals surface area contributed by atoms with Crippen molar-refractivity contribution in [2.45, 2.75) is 0 Å². The van der Waals surface area contributed by atoms with E-state index in [2.05, 4.69) is 10.2 Å². The minimum Gasteiger partial charge on any atom is -0.287 e. The summed E-state index contributed by atoms with van der Waals surface area (Å²) in [7, 11) is 0.